The lowest BCUT2D eigenvalue weighted by molar-refractivity contribution is 0.183. The average molecular weight is 423 g/mol. The van der Waals surface area contributed by atoms with Crippen LogP contribution in [0.5, 0.6) is 5.75 Å². The van der Waals surface area contributed by atoms with Crippen LogP contribution in [0.1, 0.15) is 24.8 Å². The molecule has 1 heterocycles. The van der Waals surface area contributed by atoms with Crippen molar-refractivity contribution in [1.29, 1.82) is 0 Å². The lowest BCUT2D eigenvalue weighted by Crippen LogP contribution is -2.33. The van der Waals surface area contributed by atoms with Crippen LogP contribution in [-0.2, 0) is 16.4 Å². The molecule has 152 valence electrons. The molecule has 7 heteroatoms. The topological polar surface area (TPSA) is 58.6 Å². The largest absolute Gasteiger partial charge is 0.492 e. The third-order valence-electron chi connectivity index (χ3n) is 4.88. The van der Waals surface area contributed by atoms with Crippen molar-refractivity contribution < 1.29 is 13.2 Å². The highest BCUT2D eigenvalue weighted by Gasteiger charge is 2.13. The Morgan fingerprint density at radius 3 is 2.32 bits per heavy atom. The van der Waals surface area contributed by atoms with E-state index in [0.29, 0.717) is 24.6 Å². The third-order valence-corrected chi connectivity index (χ3v) is 6.61. The molecule has 2 aromatic carbocycles. The van der Waals surface area contributed by atoms with Gasteiger partial charge in [-0.15, -0.1) is 0 Å². The number of halogens is 1. The summed E-state index contributed by atoms with van der Waals surface area (Å²) in [4.78, 5) is 2.67. The van der Waals surface area contributed by atoms with Gasteiger partial charge in [0, 0.05) is 18.1 Å². The Bertz CT molecular complexity index is 833. The Morgan fingerprint density at radius 1 is 0.964 bits per heavy atom. The lowest BCUT2D eigenvalue weighted by Gasteiger charge is -2.26. The highest BCUT2D eigenvalue weighted by atomic mass is 35.5. The van der Waals surface area contributed by atoms with Crippen LogP contribution >= 0.6 is 11.6 Å². The fourth-order valence-electron chi connectivity index (χ4n) is 3.25. The van der Waals surface area contributed by atoms with E-state index in [-0.39, 0.29) is 4.90 Å². The van der Waals surface area contributed by atoms with Gasteiger partial charge in [-0.05, 0) is 74.3 Å². The molecular formula is C21H27ClN2O3S. The first kappa shape index (κ1) is 21.1. The number of benzene rings is 2. The molecule has 0 spiro atoms. The molecule has 2 aromatic rings. The minimum Gasteiger partial charge on any atom is -0.492 e. The summed E-state index contributed by atoms with van der Waals surface area (Å²) in [6.45, 7) is 4.34. The molecule has 5 nitrogen and oxygen atoms in total. The molecule has 0 bridgehead atoms. The van der Waals surface area contributed by atoms with Gasteiger partial charge in [0.05, 0.1) is 4.90 Å². The molecule has 0 saturated carbocycles. The Labute approximate surface area is 172 Å². The number of piperidine rings is 1. The molecule has 1 aliphatic rings. The second-order valence-corrected chi connectivity index (χ2v) is 9.20. The second kappa shape index (κ2) is 10.3. The van der Waals surface area contributed by atoms with E-state index in [1.165, 1.54) is 44.5 Å². The molecule has 28 heavy (non-hydrogen) atoms. The first-order valence-electron chi connectivity index (χ1n) is 9.72. The molecule has 0 aliphatic carbocycles. The van der Waals surface area contributed by atoms with Crippen LogP contribution in [0.3, 0.4) is 0 Å². The summed E-state index contributed by atoms with van der Waals surface area (Å²) >= 11 is 5.80. The summed E-state index contributed by atoms with van der Waals surface area (Å²) < 4.78 is 33.0. The van der Waals surface area contributed by atoms with Crippen molar-refractivity contribution in [2.45, 2.75) is 30.6 Å². The number of rotatable bonds is 9. The van der Waals surface area contributed by atoms with E-state index >= 15 is 0 Å². The summed E-state index contributed by atoms with van der Waals surface area (Å²) in [6.07, 6.45) is 4.53. The predicted molar refractivity (Wildman–Crippen MR) is 113 cm³/mol. The second-order valence-electron chi connectivity index (χ2n) is 7.00. The monoisotopic (exact) mass is 422 g/mol. The number of ether oxygens (including phenoxy) is 1. The van der Waals surface area contributed by atoms with Crippen molar-refractivity contribution >= 4 is 21.6 Å². The third kappa shape index (κ3) is 6.48. The quantitative estimate of drug-likeness (QED) is 0.669. The van der Waals surface area contributed by atoms with Gasteiger partial charge in [-0.1, -0.05) is 30.2 Å². The zero-order valence-electron chi connectivity index (χ0n) is 15.9. The maximum Gasteiger partial charge on any atom is 0.240 e. The number of likely N-dealkylation sites (tertiary alicyclic amines) is 1. The first-order valence-corrected chi connectivity index (χ1v) is 11.6. The van der Waals surface area contributed by atoms with Crippen LogP contribution in [-0.4, -0.2) is 46.1 Å². The van der Waals surface area contributed by atoms with E-state index < -0.39 is 10.0 Å². The maximum atomic E-state index is 12.3. The normalized spacial score (nSPS) is 15.5. The standard InChI is InChI=1S/C21H27ClN2O3S/c22-19-6-10-21(11-7-19)28(25,26)23-13-12-18-4-8-20(9-5-18)27-17-16-24-14-2-1-3-15-24/h4-11,23H,1-3,12-17H2. The minimum absolute atomic E-state index is 0.217. The molecule has 1 fully saturated rings. The summed E-state index contributed by atoms with van der Waals surface area (Å²) in [6, 6.07) is 14.0. The summed E-state index contributed by atoms with van der Waals surface area (Å²) in [5.74, 6) is 0.850. The van der Waals surface area contributed by atoms with Crippen LogP contribution in [0, 0.1) is 0 Å². The summed E-state index contributed by atoms with van der Waals surface area (Å²) in [5, 5.41) is 0.511. The molecular weight excluding hydrogens is 396 g/mol. The number of hydrogen-bond donors (Lipinski definition) is 1. The van der Waals surface area contributed by atoms with E-state index in [1.807, 2.05) is 24.3 Å². The van der Waals surface area contributed by atoms with E-state index in [9.17, 15) is 8.42 Å². The molecule has 0 amide bonds. The first-order chi connectivity index (χ1) is 13.5. The highest BCUT2D eigenvalue weighted by Crippen LogP contribution is 2.15. The number of sulfonamides is 1. The Kier molecular flexibility index (Phi) is 7.73. The van der Waals surface area contributed by atoms with Gasteiger partial charge < -0.3 is 4.74 Å². The fraction of sp³-hybridized carbons (Fsp3) is 0.429. The van der Waals surface area contributed by atoms with Crippen molar-refractivity contribution in [3.05, 3.63) is 59.1 Å². The van der Waals surface area contributed by atoms with Crippen LogP contribution in [0.4, 0.5) is 0 Å². The smallest absolute Gasteiger partial charge is 0.240 e. The van der Waals surface area contributed by atoms with Crippen molar-refractivity contribution in [3.63, 3.8) is 0 Å². The van der Waals surface area contributed by atoms with Gasteiger partial charge in [0.15, 0.2) is 0 Å². The van der Waals surface area contributed by atoms with Crippen molar-refractivity contribution in [3.8, 4) is 5.75 Å². The van der Waals surface area contributed by atoms with Crippen molar-refractivity contribution in [1.82, 2.24) is 9.62 Å². The molecule has 0 atom stereocenters. The van der Waals surface area contributed by atoms with Crippen LogP contribution in [0.2, 0.25) is 5.02 Å². The van der Waals surface area contributed by atoms with Gasteiger partial charge in [-0.3, -0.25) is 4.90 Å². The van der Waals surface area contributed by atoms with E-state index in [2.05, 4.69) is 9.62 Å². The molecule has 3 rings (SSSR count). The molecule has 0 unspecified atom stereocenters. The summed E-state index contributed by atoms with van der Waals surface area (Å²) in [5.41, 5.74) is 1.06. The van der Waals surface area contributed by atoms with Gasteiger partial charge >= 0.3 is 0 Å². The summed E-state index contributed by atoms with van der Waals surface area (Å²) in [7, 11) is -3.52. The van der Waals surface area contributed by atoms with Crippen molar-refractivity contribution in [2.24, 2.45) is 0 Å². The zero-order chi connectivity index (χ0) is 19.8. The Balaban J connectivity index is 1.40. The van der Waals surface area contributed by atoms with Crippen LogP contribution in [0.15, 0.2) is 53.4 Å². The van der Waals surface area contributed by atoms with Gasteiger partial charge in [0.25, 0.3) is 0 Å². The SMILES string of the molecule is O=S(=O)(NCCc1ccc(OCCN2CCCCC2)cc1)c1ccc(Cl)cc1. The lowest BCUT2D eigenvalue weighted by atomic mass is 10.1. The number of nitrogens with one attached hydrogen (secondary N) is 1. The molecule has 1 saturated heterocycles. The molecule has 0 radical (unpaired) electrons. The highest BCUT2D eigenvalue weighted by molar-refractivity contribution is 7.89. The number of hydrogen-bond acceptors (Lipinski definition) is 4. The van der Waals surface area contributed by atoms with Gasteiger partial charge in [0.2, 0.25) is 10.0 Å². The fourth-order valence-corrected chi connectivity index (χ4v) is 4.41. The van der Waals surface area contributed by atoms with Gasteiger partial charge in [0.1, 0.15) is 12.4 Å². The van der Waals surface area contributed by atoms with Crippen LogP contribution < -0.4 is 9.46 Å². The van der Waals surface area contributed by atoms with Gasteiger partial charge in [-0.25, -0.2) is 13.1 Å². The molecule has 1 aliphatic heterocycles. The van der Waals surface area contributed by atoms with Gasteiger partial charge in [-0.2, -0.15) is 0 Å². The molecule has 0 aromatic heterocycles. The number of nitrogens with zero attached hydrogens (tertiary/aromatic N) is 1. The predicted octanol–water partition coefficient (Wildman–Crippen LogP) is 3.73. The average Bonchev–Trinajstić information content (AvgIpc) is 2.70. The van der Waals surface area contributed by atoms with E-state index in [1.54, 1.807) is 12.1 Å². The molecule has 1 N–H and O–H groups in total. The minimum atomic E-state index is -3.52. The van der Waals surface area contributed by atoms with E-state index in [4.69, 9.17) is 16.3 Å². The van der Waals surface area contributed by atoms with Crippen LogP contribution in [0.25, 0.3) is 0 Å². The van der Waals surface area contributed by atoms with Crippen molar-refractivity contribution in [2.75, 3.05) is 32.8 Å². The Morgan fingerprint density at radius 2 is 1.64 bits per heavy atom. The van der Waals surface area contributed by atoms with E-state index in [0.717, 1.165) is 17.9 Å². The zero-order valence-corrected chi connectivity index (χ0v) is 17.5. The Hall–Kier alpha value is -1.60. The maximum absolute atomic E-state index is 12.3.